The number of nitrogens with zero attached hydrogens (tertiary/aromatic N) is 4. The standard InChI is InChI=1S/C25H28N4O5S/c1-5-26-23(19-10-9-18(32-2)14-22(19)33-3)28-12-6-7-17-13-16(8-11-21(17)28)20-15-35-25(31)29(27-20)24(30)34-4/h8-11,13-14H,5-7,12,15H2,1-4H3/b26-23-. The maximum Gasteiger partial charge on any atom is 0.438 e. The fourth-order valence-corrected chi connectivity index (χ4v) is 4.89. The largest absolute Gasteiger partial charge is 0.497 e. The number of rotatable bonds is 5. The Labute approximate surface area is 208 Å². The zero-order chi connectivity index (χ0) is 24.9. The molecule has 184 valence electrons. The van der Waals surface area contributed by atoms with Gasteiger partial charge in [-0.25, -0.2) is 4.79 Å². The highest BCUT2D eigenvalue weighted by atomic mass is 32.2. The molecule has 2 aliphatic rings. The van der Waals surface area contributed by atoms with Crippen molar-refractivity contribution in [3.63, 3.8) is 0 Å². The normalized spacial score (nSPS) is 15.9. The van der Waals surface area contributed by atoms with Gasteiger partial charge < -0.3 is 19.1 Å². The Bertz CT molecular complexity index is 1200. The maximum atomic E-state index is 12.1. The van der Waals surface area contributed by atoms with Crippen molar-refractivity contribution < 1.29 is 23.8 Å². The van der Waals surface area contributed by atoms with E-state index in [9.17, 15) is 9.59 Å². The molecule has 0 N–H and O–H groups in total. The number of amides is 2. The lowest BCUT2D eigenvalue weighted by Crippen LogP contribution is -2.37. The number of carbonyl (C=O) groups is 2. The van der Waals surface area contributed by atoms with Gasteiger partial charge in [-0.1, -0.05) is 17.8 Å². The van der Waals surface area contributed by atoms with Crippen molar-refractivity contribution in [3.8, 4) is 11.5 Å². The van der Waals surface area contributed by atoms with Crippen LogP contribution in [0.25, 0.3) is 0 Å². The van der Waals surface area contributed by atoms with Crippen LogP contribution in [0.3, 0.4) is 0 Å². The van der Waals surface area contributed by atoms with E-state index in [0.717, 1.165) is 70.1 Å². The molecule has 2 heterocycles. The van der Waals surface area contributed by atoms with Gasteiger partial charge in [0.15, 0.2) is 0 Å². The SMILES string of the molecule is CC/N=C(/c1ccc(OC)cc1OC)N1CCCc2cc(C3=NN(C(=O)OC)C(=O)SC3)ccc21. The fraction of sp³-hybridized carbons (Fsp3) is 0.360. The van der Waals surface area contributed by atoms with Crippen LogP contribution in [0.15, 0.2) is 46.5 Å². The van der Waals surface area contributed by atoms with Gasteiger partial charge in [0, 0.05) is 30.6 Å². The van der Waals surface area contributed by atoms with Gasteiger partial charge in [0.1, 0.15) is 17.3 Å². The average Bonchev–Trinajstić information content (AvgIpc) is 2.90. The van der Waals surface area contributed by atoms with Gasteiger partial charge in [-0.15, -0.1) is 5.01 Å². The minimum absolute atomic E-state index is 0.389. The van der Waals surface area contributed by atoms with Gasteiger partial charge in [0.25, 0.3) is 0 Å². The second kappa shape index (κ2) is 10.8. The van der Waals surface area contributed by atoms with Gasteiger partial charge in [0.05, 0.1) is 32.6 Å². The molecular formula is C25H28N4O5S. The number of fused-ring (bicyclic) bond motifs is 1. The fourth-order valence-electron chi connectivity index (χ4n) is 4.17. The number of hydrogen-bond donors (Lipinski definition) is 0. The predicted octanol–water partition coefficient (Wildman–Crippen LogP) is 4.56. The number of carbonyl (C=O) groups excluding carboxylic acids is 2. The van der Waals surface area contributed by atoms with Crippen LogP contribution in [0, 0.1) is 0 Å². The second-order valence-electron chi connectivity index (χ2n) is 7.85. The molecule has 0 spiro atoms. The molecule has 4 rings (SSSR count). The number of anilines is 1. The predicted molar refractivity (Wildman–Crippen MR) is 137 cm³/mol. The summed E-state index contributed by atoms with van der Waals surface area (Å²) in [5.74, 6) is 2.64. The molecule has 2 aromatic carbocycles. The number of imide groups is 1. The van der Waals surface area contributed by atoms with Crippen molar-refractivity contribution in [3.05, 3.63) is 53.1 Å². The van der Waals surface area contributed by atoms with Crippen LogP contribution in [0.1, 0.15) is 30.0 Å². The number of aliphatic imine (C=N–C) groups is 1. The van der Waals surface area contributed by atoms with Gasteiger partial charge in [-0.05, 0) is 55.2 Å². The quantitative estimate of drug-likeness (QED) is 0.442. The molecule has 0 aromatic heterocycles. The van der Waals surface area contributed by atoms with E-state index in [0.29, 0.717) is 23.8 Å². The minimum Gasteiger partial charge on any atom is -0.497 e. The summed E-state index contributed by atoms with van der Waals surface area (Å²) in [5, 5.41) is 4.59. The summed E-state index contributed by atoms with van der Waals surface area (Å²) in [4.78, 5) is 31.0. The third-order valence-corrected chi connectivity index (χ3v) is 6.66. The molecule has 10 heteroatoms. The Morgan fingerprint density at radius 1 is 1.14 bits per heavy atom. The Kier molecular flexibility index (Phi) is 7.60. The Morgan fingerprint density at radius 2 is 1.97 bits per heavy atom. The maximum absolute atomic E-state index is 12.1. The molecule has 2 aliphatic heterocycles. The molecule has 2 aromatic rings. The van der Waals surface area contributed by atoms with E-state index >= 15 is 0 Å². The first-order chi connectivity index (χ1) is 17.0. The second-order valence-corrected chi connectivity index (χ2v) is 8.77. The molecule has 2 amide bonds. The van der Waals surface area contributed by atoms with Crippen LogP contribution < -0.4 is 14.4 Å². The highest BCUT2D eigenvalue weighted by Crippen LogP contribution is 2.34. The lowest BCUT2D eigenvalue weighted by molar-refractivity contribution is 0.137. The van der Waals surface area contributed by atoms with Gasteiger partial charge >= 0.3 is 11.3 Å². The lowest BCUT2D eigenvalue weighted by atomic mass is 9.96. The number of thioether (sulfide) groups is 1. The minimum atomic E-state index is -0.794. The molecular weight excluding hydrogens is 468 g/mol. The van der Waals surface area contributed by atoms with Crippen molar-refractivity contribution in [1.29, 1.82) is 0 Å². The first kappa shape index (κ1) is 24.6. The molecule has 0 fully saturated rings. The van der Waals surface area contributed by atoms with Crippen molar-refractivity contribution in [2.24, 2.45) is 10.1 Å². The summed E-state index contributed by atoms with van der Waals surface area (Å²) in [6.07, 6.45) is 1.06. The van der Waals surface area contributed by atoms with Crippen LogP contribution in [-0.4, -0.2) is 68.1 Å². The lowest BCUT2D eigenvalue weighted by Gasteiger charge is -2.33. The summed E-state index contributed by atoms with van der Waals surface area (Å²) in [7, 11) is 4.50. The van der Waals surface area contributed by atoms with Crippen molar-refractivity contribution in [1.82, 2.24) is 5.01 Å². The monoisotopic (exact) mass is 496 g/mol. The van der Waals surface area contributed by atoms with E-state index in [1.54, 1.807) is 14.2 Å². The molecule has 0 radical (unpaired) electrons. The van der Waals surface area contributed by atoms with Crippen LogP contribution in [0.5, 0.6) is 11.5 Å². The number of benzene rings is 2. The summed E-state index contributed by atoms with van der Waals surface area (Å²) in [6.45, 7) is 3.46. The smallest absolute Gasteiger partial charge is 0.438 e. The van der Waals surface area contributed by atoms with Crippen molar-refractivity contribution >= 4 is 40.3 Å². The van der Waals surface area contributed by atoms with E-state index < -0.39 is 11.3 Å². The highest BCUT2D eigenvalue weighted by Gasteiger charge is 2.30. The number of amidine groups is 1. The molecule has 0 saturated heterocycles. The van der Waals surface area contributed by atoms with Gasteiger partial charge in [-0.2, -0.15) is 5.10 Å². The average molecular weight is 497 g/mol. The molecule has 0 atom stereocenters. The van der Waals surface area contributed by atoms with Gasteiger partial charge in [0.2, 0.25) is 0 Å². The first-order valence-electron chi connectivity index (χ1n) is 11.3. The van der Waals surface area contributed by atoms with Crippen LogP contribution in [0.4, 0.5) is 15.3 Å². The molecule has 0 saturated carbocycles. The van der Waals surface area contributed by atoms with E-state index in [2.05, 4.69) is 26.9 Å². The van der Waals surface area contributed by atoms with Crippen LogP contribution >= 0.6 is 11.8 Å². The number of hydrazone groups is 1. The Morgan fingerprint density at radius 3 is 2.69 bits per heavy atom. The third-order valence-electron chi connectivity index (χ3n) is 5.82. The number of methoxy groups -OCH3 is 3. The Balaban J connectivity index is 1.71. The summed E-state index contributed by atoms with van der Waals surface area (Å²) in [6, 6.07) is 11.8. The van der Waals surface area contributed by atoms with E-state index in [-0.39, 0.29) is 0 Å². The molecule has 9 nitrogen and oxygen atoms in total. The number of aryl methyl sites for hydroxylation is 1. The zero-order valence-corrected chi connectivity index (χ0v) is 21.1. The molecule has 35 heavy (non-hydrogen) atoms. The molecule has 0 aliphatic carbocycles. The number of ether oxygens (including phenoxy) is 3. The highest BCUT2D eigenvalue weighted by molar-refractivity contribution is 8.14. The summed E-state index contributed by atoms with van der Waals surface area (Å²) >= 11 is 1.03. The van der Waals surface area contributed by atoms with E-state index in [1.807, 2.05) is 31.2 Å². The topological polar surface area (TPSA) is 93.0 Å². The van der Waals surface area contributed by atoms with Crippen molar-refractivity contribution in [2.75, 3.05) is 45.1 Å². The molecule has 0 unspecified atom stereocenters. The van der Waals surface area contributed by atoms with Gasteiger partial charge in [-0.3, -0.25) is 9.79 Å². The molecule has 0 bridgehead atoms. The summed E-state index contributed by atoms with van der Waals surface area (Å²) < 4.78 is 15.7. The first-order valence-corrected chi connectivity index (χ1v) is 12.3. The third kappa shape index (κ3) is 4.97. The number of hydrogen-bond acceptors (Lipinski definition) is 8. The van der Waals surface area contributed by atoms with E-state index in [4.69, 9.17) is 14.5 Å². The Hall–Kier alpha value is -3.53. The summed E-state index contributed by atoms with van der Waals surface area (Å²) in [5.41, 5.74) is 4.64. The van der Waals surface area contributed by atoms with Crippen LogP contribution in [-0.2, 0) is 11.2 Å². The van der Waals surface area contributed by atoms with Crippen molar-refractivity contribution in [2.45, 2.75) is 19.8 Å². The van der Waals surface area contributed by atoms with Crippen LogP contribution in [0.2, 0.25) is 0 Å². The zero-order valence-electron chi connectivity index (χ0n) is 20.2. The van der Waals surface area contributed by atoms with E-state index in [1.165, 1.54) is 7.11 Å².